The summed E-state index contributed by atoms with van der Waals surface area (Å²) < 4.78 is 10.8. The summed E-state index contributed by atoms with van der Waals surface area (Å²) in [4.78, 5) is 34.8. The molecule has 1 saturated heterocycles. The number of thioether (sulfide) groups is 1. The quantitative estimate of drug-likeness (QED) is 0.467. The molecule has 0 aliphatic carbocycles. The molecule has 7 nitrogen and oxygen atoms in total. The maximum absolute atomic E-state index is 13.2. The average molecular weight is 468 g/mol. The number of aliphatic imine (C=N–C) groups is 1. The Kier molecular flexibility index (Phi) is 7.05. The Bertz CT molecular complexity index is 1070. The zero-order chi connectivity index (χ0) is 23.5. The Labute approximate surface area is 198 Å². The number of morpholine rings is 1. The van der Waals surface area contributed by atoms with Crippen LogP contribution in [0.25, 0.3) is 0 Å². The first kappa shape index (κ1) is 23.3. The lowest BCUT2D eigenvalue weighted by molar-refractivity contribution is -0.138. The molecule has 4 rings (SSSR count). The second-order valence-electron chi connectivity index (χ2n) is 8.31. The first-order valence-corrected chi connectivity index (χ1v) is 11.9. The summed E-state index contributed by atoms with van der Waals surface area (Å²) >= 11 is 1.48. The standard InChI is InChI=1S/C25H29N3O4S/c1-5-10-32-24(30)22-18(4)26-25-28(23(22)20-7-6-16(2)13-17(20)3)19(15-33-25)14-21(29)27-8-11-31-12-9-27/h5-7,13,15,23H,1,8-12,14H2,2-4H3/t23-/m1/s1. The highest BCUT2D eigenvalue weighted by Gasteiger charge is 2.42. The number of allylic oxidation sites excluding steroid dienone is 1. The van der Waals surface area contributed by atoms with Gasteiger partial charge in [0.05, 0.1) is 36.9 Å². The Balaban J connectivity index is 1.72. The number of amidine groups is 1. The van der Waals surface area contributed by atoms with Gasteiger partial charge in [-0.15, -0.1) is 0 Å². The van der Waals surface area contributed by atoms with Crippen LogP contribution >= 0.6 is 11.8 Å². The van der Waals surface area contributed by atoms with Gasteiger partial charge in [-0.05, 0) is 37.3 Å². The number of nitrogens with zero attached hydrogens (tertiary/aromatic N) is 3. The molecule has 1 aromatic rings. The summed E-state index contributed by atoms with van der Waals surface area (Å²) in [5.41, 5.74) is 5.15. The van der Waals surface area contributed by atoms with Crippen LogP contribution in [0.15, 0.2) is 58.2 Å². The molecular formula is C25H29N3O4S. The van der Waals surface area contributed by atoms with Gasteiger partial charge in [0.15, 0.2) is 5.17 Å². The molecule has 0 bridgehead atoms. The van der Waals surface area contributed by atoms with Gasteiger partial charge in [-0.3, -0.25) is 4.79 Å². The van der Waals surface area contributed by atoms with E-state index in [4.69, 9.17) is 14.5 Å². The molecule has 33 heavy (non-hydrogen) atoms. The fourth-order valence-corrected chi connectivity index (χ4v) is 5.31. The van der Waals surface area contributed by atoms with E-state index in [1.165, 1.54) is 11.8 Å². The summed E-state index contributed by atoms with van der Waals surface area (Å²) in [7, 11) is 0. The Hall–Kier alpha value is -2.84. The predicted molar refractivity (Wildman–Crippen MR) is 129 cm³/mol. The van der Waals surface area contributed by atoms with E-state index in [1.807, 2.05) is 42.0 Å². The van der Waals surface area contributed by atoms with Gasteiger partial charge in [0.2, 0.25) is 5.91 Å². The van der Waals surface area contributed by atoms with Crippen LogP contribution < -0.4 is 0 Å². The number of carbonyl (C=O) groups excluding carboxylic acids is 2. The minimum absolute atomic E-state index is 0.0489. The first-order valence-electron chi connectivity index (χ1n) is 11.1. The smallest absolute Gasteiger partial charge is 0.338 e. The van der Waals surface area contributed by atoms with Crippen molar-refractivity contribution in [1.29, 1.82) is 0 Å². The minimum Gasteiger partial charge on any atom is -0.458 e. The molecule has 1 amide bonds. The molecule has 3 aliphatic heterocycles. The van der Waals surface area contributed by atoms with E-state index in [-0.39, 0.29) is 18.9 Å². The number of hydrogen-bond acceptors (Lipinski definition) is 7. The number of ether oxygens (including phenoxy) is 2. The molecule has 3 aliphatic rings. The van der Waals surface area contributed by atoms with Crippen LogP contribution in [0.5, 0.6) is 0 Å². The molecule has 0 unspecified atom stereocenters. The van der Waals surface area contributed by atoms with Gasteiger partial charge in [0.1, 0.15) is 6.61 Å². The Morgan fingerprint density at radius 3 is 2.73 bits per heavy atom. The Morgan fingerprint density at radius 1 is 1.27 bits per heavy atom. The first-order chi connectivity index (χ1) is 15.9. The second kappa shape index (κ2) is 9.97. The minimum atomic E-state index is -0.422. The SMILES string of the molecule is C=CCOC(=O)C1=C(C)N=C2SC=C(CC(=O)N3CCOCC3)N2[C@@H]1c1ccc(C)cc1C. The fourth-order valence-electron chi connectivity index (χ4n) is 4.35. The van der Waals surface area contributed by atoms with Crippen LogP contribution in [-0.2, 0) is 19.1 Å². The van der Waals surface area contributed by atoms with Crippen molar-refractivity contribution in [2.45, 2.75) is 33.2 Å². The third kappa shape index (κ3) is 4.77. The molecule has 0 radical (unpaired) electrons. The number of esters is 1. The van der Waals surface area contributed by atoms with Crippen LogP contribution in [0.2, 0.25) is 0 Å². The molecule has 0 aromatic heterocycles. The third-order valence-electron chi connectivity index (χ3n) is 5.97. The number of benzene rings is 1. The van der Waals surface area contributed by atoms with E-state index in [9.17, 15) is 9.59 Å². The van der Waals surface area contributed by atoms with E-state index in [2.05, 4.69) is 18.7 Å². The second-order valence-corrected chi connectivity index (χ2v) is 9.15. The third-order valence-corrected chi connectivity index (χ3v) is 6.86. The van der Waals surface area contributed by atoms with Crippen LogP contribution in [0.4, 0.5) is 0 Å². The van der Waals surface area contributed by atoms with E-state index in [1.54, 1.807) is 6.08 Å². The lowest BCUT2D eigenvalue weighted by Gasteiger charge is -2.37. The molecule has 0 saturated carbocycles. The van der Waals surface area contributed by atoms with Crippen molar-refractivity contribution < 1.29 is 19.1 Å². The van der Waals surface area contributed by atoms with Gasteiger partial charge in [-0.1, -0.05) is 48.2 Å². The number of rotatable bonds is 6. The number of carbonyl (C=O) groups is 2. The lowest BCUT2D eigenvalue weighted by Crippen LogP contribution is -2.42. The van der Waals surface area contributed by atoms with Crippen molar-refractivity contribution in [2.24, 2.45) is 4.99 Å². The zero-order valence-electron chi connectivity index (χ0n) is 19.3. The van der Waals surface area contributed by atoms with E-state index < -0.39 is 12.0 Å². The molecule has 0 spiro atoms. The van der Waals surface area contributed by atoms with E-state index in [0.717, 1.165) is 27.6 Å². The summed E-state index contributed by atoms with van der Waals surface area (Å²) in [5, 5.41) is 2.74. The van der Waals surface area contributed by atoms with Crippen LogP contribution in [0, 0.1) is 13.8 Å². The van der Waals surface area contributed by atoms with Crippen LogP contribution in [0.3, 0.4) is 0 Å². The van der Waals surface area contributed by atoms with Gasteiger partial charge in [0, 0.05) is 18.8 Å². The zero-order valence-corrected chi connectivity index (χ0v) is 20.1. The molecule has 1 aromatic carbocycles. The van der Waals surface area contributed by atoms with Crippen LogP contribution in [-0.4, -0.2) is 59.8 Å². The molecule has 1 atom stereocenters. The maximum atomic E-state index is 13.2. The maximum Gasteiger partial charge on any atom is 0.338 e. The number of fused-ring (bicyclic) bond motifs is 1. The van der Waals surface area contributed by atoms with E-state index >= 15 is 0 Å². The highest BCUT2D eigenvalue weighted by molar-refractivity contribution is 8.16. The monoisotopic (exact) mass is 467 g/mol. The lowest BCUT2D eigenvalue weighted by atomic mass is 9.90. The van der Waals surface area contributed by atoms with Crippen molar-refractivity contribution in [3.63, 3.8) is 0 Å². The number of amides is 1. The highest BCUT2D eigenvalue weighted by Crippen LogP contribution is 2.45. The molecule has 3 heterocycles. The predicted octanol–water partition coefficient (Wildman–Crippen LogP) is 3.86. The van der Waals surface area contributed by atoms with E-state index in [0.29, 0.717) is 37.6 Å². The molecule has 0 N–H and O–H groups in total. The van der Waals surface area contributed by atoms with Crippen molar-refractivity contribution in [3.8, 4) is 0 Å². The summed E-state index contributed by atoms with van der Waals surface area (Å²) in [6, 6.07) is 5.78. The van der Waals surface area contributed by atoms with Gasteiger partial charge >= 0.3 is 5.97 Å². The fraction of sp³-hybridized carbons (Fsp3) is 0.400. The van der Waals surface area contributed by atoms with Crippen LogP contribution in [0.1, 0.15) is 36.1 Å². The normalized spacial score (nSPS) is 20.3. The van der Waals surface area contributed by atoms with Gasteiger partial charge < -0.3 is 19.3 Å². The Morgan fingerprint density at radius 2 is 2.03 bits per heavy atom. The van der Waals surface area contributed by atoms with Crippen molar-refractivity contribution in [1.82, 2.24) is 9.80 Å². The topological polar surface area (TPSA) is 71.4 Å². The van der Waals surface area contributed by atoms with Crippen molar-refractivity contribution in [3.05, 3.63) is 69.9 Å². The molecule has 1 fully saturated rings. The van der Waals surface area contributed by atoms with Crippen molar-refractivity contribution >= 4 is 28.8 Å². The molecule has 174 valence electrons. The van der Waals surface area contributed by atoms with Gasteiger partial charge in [-0.2, -0.15) is 0 Å². The van der Waals surface area contributed by atoms with Crippen molar-refractivity contribution in [2.75, 3.05) is 32.9 Å². The highest BCUT2D eigenvalue weighted by atomic mass is 32.2. The molecule has 8 heteroatoms. The molecular weight excluding hydrogens is 438 g/mol. The summed E-state index contributed by atoms with van der Waals surface area (Å²) in [5.74, 6) is -0.372. The average Bonchev–Trinajstić information content (AvgIpc) is 3.19. The largest absolute Gasteiger partial charge is 0.458 e. The number of aryl methyl sites for hydroxylation is 2. The summed E-state index contributed by atoms with van der Waals surface area (Å²) in [6.07, 6.45) is 1.79. The van der Waals surface area contributed by atoms with Gasteiger partial charge in [-0.25, -0.2) is 9.79 Å². The van der Waals surface area contributed by atoms with Gasteiger partial charge in [0.25, 0.3) is 0 Å². The number of hydrogen-bond donors (Lipinski definition) is 0. The summed E-state index contributed by atoms with van der Waals surface area (Å²) in [6.45, 7) is 12.0.